The van der Waals surface area contributed by atoms with E-state index in [1.165, 1.54) is 0 Å². The van der Waals surface area contributed by atoms with Crippen LogP contribution in [0.4, 0.5) is 13.2 Å². The number of halogens is 3. The van der Waals surface area contributed by atoms with Gasteiger partial charge < -0.3 is 10.2 Å². The molecule has 0 amide bonds. The van der Waals surface area contributed by atoms with E-state index >= 15 is 0 Å². The first-order chi connectivity index (χ1) is 9.23. The van der Waals surface area contributed by atoms with E-state index in [0.29, 0.717) is 12.6 Å². The molecular formula is C11H13F3N2O4. The van der Waals surface area contributed by atoms with Crippen LogP contribution >= 0.6 is 0 Å². The fourth-order valence-electron chi connectivity index (χ4n) is 2.30. The Balaban J connectivity index is 2.39. The second-order valence-electron chi connectivity index (χ2n) is 5.03. The molecule has 1 aliphatic rings. The predicted molar refractivity (Wildman–Crippen MR) is 61.0 cm³/mol. The molecule has 0 saturated heterocycles. The van der Waals surface area contributed by atoms with Crippen LogP contribution in [0, 0.1) is 11.3 Å². The van der Waals surface area contributed by atoms with Gasteiger partial charge >= 0.3 is 11.9 Å². The van der Waals surface area contributed by atoms with Crippen molar-refractivity contribution in [1.29, 1.82) is 0 Å². The van der Waals surface area contributed by atoms with Gasteiger partial charge in [0.05, 0.1) is 6.61 Å². The second kappa shape index (κ2) is 4.74. The Morgan fingerprint density at radius 1 is 1.40 bits per heavy atom. The number of rotatable bonds is 4. The van der Waals surface area contributed by atoms with Gasteiger partial charge in [-0.1, -0.05) is 0 Å². The van der Waals surface area contributed by atoms with Crippen molar-refractivity contribution in [1.82, 2.24) is 9.55 Å². The summed E-state index contributed by atoms with van der Waals surface area (Å²) in [5.74, 6) is -0.263. The van der Waals surface area contributed by atoms with Crippen LogP contribution in [0.2, 0.25) is 0 Å². The minimum Gasteiger partial charge on any atom is -0.396 e. The van der Waals surface area contributed by atoms with Crippen LogP contribution in [0.15, 0.2) is 15.8 Å². The lowest BCUT2D eigenvalue weighted by atomic mass is 10.1. The number of nitrogens with one attached hydrogen (secondary N) is 1. The lowest BCUT2D eigenvalue weighted by molar-refractivity contribution is -0.139. The molecular weight excluding hydrogens is 281 g/mol. The molecule has 0 radical (unpaired) electrons. The Kier molecular flexibility index (Phi) is 3.51. The first-order valence-corrected chi connectivity index (χ1v) is 5.86. The Morgan fingerprint density at radius 2 is 2.05 bits per heavy atom. The van der Waals surface area contributed by atoms with Crippen LogP contribution in [0.5, 0.6) is 0 Å². The number of aromatic nitrogens is 2. The lowest BCUT2D eigenvalue weighted by Gasteiger charge is -2.16. The topological polar surface area (TPSA) is 95.3 Å². The number of hydrogen-bond acceptors (Lipinski definition) is 4. The Morgan fingerprint density at radius 3 is 2.50 bits per heavy atom. The van der Waals surface area contributed by atoms with Crippen LogP contribution < -0.4 is 11.2 Å². The van der Waals surface area contributed by atoms with Crippen LogP contribution in [-0.4, -0.2) is 33.0 Å². The van der Waals surface area contributed by atoms with E-state index < -0.39 is 28.4 Å². The van der Waals surface area contributed by atoms with Gasteiger partial charge in [-0.3, -0.25) is 14.3 Å². The van der Waals surface area contributed by atoms with Crippen LogP contribution in [0.25, 0.3) is 0 Å². The summed E-state index contributed by atoms with van der Waals surface area (Å²) in [6.45, 7) is -0.761. The van der Waals surface area contributed by atoms with Crippen LogP contribution in [0.3, 0.4) is 0 Å². The lowest BCUT2D eigenvalue weighted by Crippen LogP contribution is -2.37. The zero-order valence-corrected chi connectivity index (χ0v) is 10.3. The zero-order chi connectivity index (χ0) is 15.1. The first kappa shape index (κ1) is 14.8. The maximum atomic E-state index is 12.6. The Bertz CT molecular complexity index is 621. The Labute approximate surface area is 110 Å². The van der Waals surface area contributed by atoms with Crippen molar-refractivity contribution < 1.29 is 23.4 Å². The smallest absolute Gasteiger partial charge is 0.396 e. The third kappa shape index (κ3) is 2.50. The summed E-state index contributed by atoms with van der Waals surface area (Å²) in [5.41, 5.74) is -4.74. The van der Waals surface area contributed by atoms with E-state index in [2.05, 4.69) is 0 Å². The van der Waals surface area contributed by atoms with Crippen molar-refractivity contribution in [3.8, 4) is 0 Å². The van der Waals surface area contributed by atoms with Crippen molar-refractivity contribution in [3.63, 3.8) is 0 Å². The standard InChI is InChI=1S/C11H13F3N2O4/c12-11(13,14)7-2-16(9(20)15-8(7)19)4-10(5-18)1-6(10)3-17/h2,6,17-18H,1,3-5H2,(H,15,19,20). The van der Waals surface area contributed by atoms with E-state index in [4.69, 9.17) is 5.11 Å². The monoisotopic (exact) mass is 294 g/mol. The van der Waals surface area contributed by atoms with Gasteiger partial charge in [-0.2, -0.15) is 13.2 Å². The number of nitrogens with zero attached hydrogens (tertiary/aromatic N) is 1. The molecule has 0 spiro atoms. The molecule has 1 fully saturated rings. The molecule has 1 heterocycles. The van der Waals surface area contributed by atoms with Crippen LogP contribution in [0.1, 0.15) is 12.0 Å². The van der Waals surface area contributed by atoms with Gasteiger partial charge in [-0.25, -0.2) is 4.79 Å². The molecule has 112 valence electrons. The highest BCUT2D eigenvalue weighted by Gasteiger charge is 2.53. The fraction of sp³-hybridized carbons (Fsp3) is 0.636. The molecule has 0 aliphatic heterocycles. The minimum absolute atomic E-state index is 0.187. The zero-order valence-electron chi connectivity index (χ0n) is 10.3. The second-order valence-corrected chi connectivity index (χ2v) is 5.03. The third-order valence-electron chi connectivity index (χ3n) is 3.70. The molecule has 1 aromatic rings. The summed E-state index contributed by atoms with van der Waals surface area (Å²) in [4.78, 5) is 24.3. The maximum Gasteiger partial charge on any atom is 0.423 e. The van der Waals surface area contributed by atoms with E-state index in [9.17, 15) is 27.9 Å². The number of aromatic amines is 1. The normalized spacial score (nSPS) is 25.8. The van der Waals surface area contributed by atoms with Crippen molar-refractivity contribution in [3.05, 3.63) is 32.6 Å². The summed E-state index contributed by atoms with van der Waals surface area (Å²) < 4.78 is 38.5. The van der Waals surface area contributed by atoms with E-state index in [0.717, 1.165) is 4.57 Å². The van der Waals surface area contributed by atoms with Crippen molar-refractivity contribution in [2.24, 2.45) is 11.3 Å². The summed E-state index contributed by atoms with van der Waals surface area (Å²) in [6.07, 6.45) is -4.01. The van der Waals surface area contributed by atoms with E-state index in [1.54, 1.807) is 4.98 Å². The summed E-state index contributed by atoms with van der Waals surface area (Å²) in [5, 5.41) is 18.3. The molecule has 6 nitrogen and oxygen atoms in total. The molecule has 2 atom stereocenters. The van der Waals surface area contributed by atoms with Crippen molar-refractivity contribution in [2.75, 3.05) is 13.2 Å². The molecule has 20 heavy (non-hydrogen) atoms. The quantitative estimate of drug-likeness (QED) is 0.700. The molecule has 0 bridgehead atoms. The molecule has 2 rings (SSSR count). The summed E-state index contributed by atoms with van der Waals surface area (Å²) in [6, 6.07) is 0. The van der Waals surface area contributed by atoms with Gasteiger partial charge in [0.2, 0.25) is 0 Å². The molecule has 1 aliphatic carbocycles. The highest BCUT2D eigenvalue weighted by atomic mass is 19.4. The molecule has 9 heteroatoms. The molecule has 1 aromatic heterocycles. The number of aliphatic hydroxyl groups excluding tert-OH is 2. The van der Waals surface area contributed by atoms with E-state index in [1.807, 2.05) is 0 Å². The number of hydrogen-bond donors (Lipinski definition) is 3. The maximum absolute atomic E-state index is 12.6. The van der Waals surface area contributed by atoms with Crippen molar-refractivity contribution in [2.45, 2.75) is 19.1 Å². The van der Waals surface area contributed by atoms with Gasteiger partial charge in [-0.05, 0) is 12.3 Å². The average Bonchev–Trinajstić information content (AvgIpc) is 3.05. The first-order valence-electron chi connectivity index (χ1n) is 5.86. The third-order valence-corrected chi connectivity index (χ3v) is 3.70. The summed E-state index contributed by atoms with van der Waals surface area (Å²) >= 11 is 0. The molecule has 3 N–H and O–H groups in total. The fourth-order valence-corrected chi connectivity index (χ4v) is 2.30. The minimum atomic E-state index is -4.87. The highest BCUT2D eigenvalue weighted by Crippen LogP contribution is 2.52. The van der Waals surface area contributed by atoms with Crippen molar-refractivity contribution >= 4 is 0 Å². The largest absolute Gasteiger partial charge is 0.423 e. The highest BCUT2D eigenvalue weighted by molar-refractivity contribution is 5.10. The number of alkyl halides is 3. The number of aliphatic hydroxyl groups is 2. The summed E-state index contributed by atoms with van der Waals surface area (Å²) in [7, 11) is 0. The predicted octanol–water partition coefficient (Wildman–Crippen LogP) is -0.454. The average molecular weight is 294 g/mol. The van der Waals surface area contributed by atoms with E-state index in [-0.39, 0.29) is 25.7 Å². The van der Waals surface area contributed by atoms with Gasteiger partial charge in [0, 0.05) is 24.8 Å². The SMILES string of the molecule is O=c1[nH]c(=O)n(CC2(CO)CC2CO)cc1C(F)(F)F. The molecule has 1 saturated carbocycles. The van der Waals surface area contributed by atoms with Gasteiger partial charge in [0.15, 0.2) is 0 Å². The van der Waals surface area contributed by atoms with Gasteiger partial charge in [0.25, 0.3) is 5.56 Å². The Hall–Kier alpha value is -1.61. The molecule has 0 aromatic carbocycles. The number of H-pyrrole nitrogens is 1. The van der Waals surface area contributed by atoms with Crippen LogP contribution in [-0.2, 0) is 12.7 Å². The molecule has 2 unspecified atom stereocenters. The van der Waals surface area contributed by atoms with Gasteiger partial charge in [-0.15, -0.1) is 0 Å². The van der Waals surface area contributed by atoms with Gasteiger partial charge in [0.1, 0.15) is 5.56 Å².